The van der Waals surface area contributed by atoms with Gasteiger partial charge in [-0.1, -0.05) is 6.92 Å². The summed E-state index contributed by atoms with van der Waals surface area (Å²) in [6, 6.07) is 3.74. The van der Waals surface area contributed by atoms with Crippen LogP contribution in [0.2, 0.25) is 0 Å². The molecule has 6 heteroatoms. The maximum Gasteiger partial charge on any atom is 0.336 e. The Morgan fingerprint density at radius 3 is 2.69 bits per heavy atom. The SMILES string of the molecule is CCCNc1cc(C(=O)O)cc([N+](=O)[O-])c1. The third-order valence-corrected chi connectivity index (χ3v) is 1.95. The number of nitrogens with one attached hydrogen (secondary N) is 1. The van der Waals surface area contributed by atoms with E-state index in [9.17, 15) is 14.9 Å². The lowest BCUT2D eigenvalue weighted by Gasteiger charge is -2.05. The average molecular weight is 224 g/mol. The minimum atomic E-state index is -1.18. The van der Waals surface area contributed by atoms with Crippen LogP contribution in [0.25, 0.3) is 0 Å². The summed E-state index contributed by atoms with van der Waals surface area (Å²) >= 11 is 0. The highest BCUT2D eigenvalue weighted by molar-refractivity contribution is 5.89. The molecule has 0 atom stereocenters. The molecule has 16 heavy (non-hydrogen) atoms. The summed E-state index contributed by atoms with van der Waals surface area (Å²) in [5, 5.41) is 22.3. The number of carboxylic acids is 1. The second-order valence-electron chi connectivity index (χ2n) is 3.26. The number of rotatable bonds is 5. The van der Waals surface area contributed by atoms with Crippen LogP contribution in [0.1, 0.15) is 23.7 Å². The van der Waals surface area contributed by atoms with Gasteiger partial charge in [0.2, 0.25) is 0 Å². The third kappa shape index (κ3) is 2.94. The second kappa shape index (κ2) is 5.11. The van der Waals surface area contributed by atoms with Gasteiger partial charge in [0.1, 0.15) is 0 Å². The zero-order chi connectivity index (χ0) is 12.1. The molecule has 0 unspecified atom stereocenters. The fraction of sp³-hybridized carbons (Fsp3) is 0.300. The van der Waals surface area contributed by atoms with Crippen molar-refractivity contribution in [3.8, 4) is 0 Å². The van der Waals surface area contributed by atoms with Gasteiger partial charge in [-0.3, -0.25) is 10.1 Å². The molecule has 1 aromatic rings. The summed E-state index contributed by atoms with van der Waals surface area (Å²) in [7, 11) is 0. The van der Waals surface area contributed by atoms with Crippen molar-refractivity contribution in [2.24, 2.45) is 0 Å². The fourth-order valence-electron chi connectivity index (χ4n) is 1.21. The van der Waals surface area contributed by atoms with Crippen molar-refractivity contribution in [2.75, 3.05) is 11.9 Å². The number of carboxylic acid groups (broad SMARTS) is 1. The number of hydrogen-bond donors (Lipinski definition) is 2. The molecule has 1 rings (SSSR count). The van der Waals surface area contributed by atoms with E-state index >= 15 is 0 Å². The van der Waals surface area contributed by atoms with Crippen molar-refractivity contribution in [1.29, 1.82) is 0 Å². The molecule has 0 aliphatic rings. The Bertz CT molecular complexity index is 385. The van der Waals surface area contributed by atoms with Crippen LogP contribution in [0, 0.1) is 10.1 Å². The summed E-state index contributed by atoms with van der Waals surface area (Å²) in [6.07, 6.45) is 0.852. The quantitative estimate of drug-likeness (QED) is 0.590. The highest BCUT2D eigenvalue weighted by atomic mass is 16.6. The van der Waals surface area contributed by atoms with E-state index in [-0.39, 0.29) is 11.3 Å². The van der Waals surface area contributed by atoms with Gasteiger partial charge in [-0.15, -0.1) is 0 Å². The molecule has 0 fully saturated rings. The van der Waals surface area contributed by atoms with Crippen LogP contribution in [0.5, 0.6) is 0 Å². The van der Waals surface area contributed by atoms with E-state index in [1.165, 1.54) is 12.1 Å². The lowest BCUT2D eigenvalue weighted by atomic mass is 10.1. The summed E-state index contributed by atoms with van der Waals surface area (Å²) < 4.78 is 0. The third-order valence-electron chi connectivity index (χ3n) is 1.95. The van der Waals surface area contributed by atoms with Crippen LogP contribution in [0.15, 0.2) is 18.2 Å². The van der Waals surface area contributed by atoms with Gasteiger partial charge in [0.25, 0.3) is 5.69 Å². The monoisotopic (exact) mass is 224 g/mol. The fourth-order valence-corrected chi connectivity index (χ4v) is 1.21. The molecule has 2 N–H and O–H groups in total. The number of nitrogens with zero attached hydrogens (tertiary/aromatic N) is 1. The predicted octanol–water partition coefficient (Wildman–Crippen LogP) is 2.11. The largest absolute Gasteiger partial charge is 0.478 e. The molecular formula is C10H12N2O4. The number of benzene rings is 1. The minimum absolute atomic E-state index is 0.0900. The first-order chi connectivity index (χ1) is 7.54. The molecule has 6 nitrogen and oxygen atoms in total. The first kappa shape index (κ1) is 12.0. The number of nitro groups is 1. The van der Waals surface area contributed by atoms with Gasteiger partial charge in [0.05, 0.1) is 10.5 Å². The Kier molecular flexibility index (Phi) is 3.82. The van der Waals surface area contributed by atoms with Crippen molar-refractivity contribution in [3.05, 3.63) is 33.9 Å². The summed E-state index contributed by atoms with van der Waals surface area (Å²) in [4.78, 5) is 20.7. The van der Waals surface area contributed by atoms with Gasteiger partial charge in [0, 0.05) is 24.4 Å². The predicted molar refractivity (Wildman–Crippen MR) is 58.8 cm³/mol. The Balaban J connectivity index is 3.08. The number of non-ortho nitro benzene ring substituents is 1. The van der Waals surface area contributed by atoms with Crippen LogP contribution in [0.4, 0.5) is 11.4 Å². The van der Waals surface area contributed by atoms with Crippen LogP contribution in [-0.4, -0.2) is 22.5 Å². The van der Waals surface area contributed by atoms with Crippen molar-refractivity contribution in [1.82, 2.24) is 0 Å². The molecule has 0 heterocycles. The molecule has 0 aliphatic heterocycles. The number of hydrogen-bond acceptors (Lipinski definition) is 4. The van der Waals surface area contributed by atoms with Gasteiger partial charge in [0.15, 0.2) is 0 Å². The molecule has 0 bridgehead atoms. The van der Waals surface area contributed by atoms with E-state index in [0.717, 1.165) is 12.5 Å². The Morgan fingerprint density at radius 1 is 1.50 bits per heavy atom. The topological polar surface area (TPSA) is 92.5 Å². The van der Waals surface area contributed by atoms with Crippen LogP contribution >= 0.6 is 0 Å². The number of carbonyl (C=O) groups is 1. The van der Waals surface area contributed by atoms with Crippen molar-refractivity contribution in [3.63, 3.8) is 0 Å². The number of nitro benzene ring substituents is 1. The average Bonchev–Trinajstić information content (AvgIpc) is 2.25. The van der Waals surface area contributed by atoms with Crippen molar-refractivity contribution < 1.29 is 14.8 Å². The lowest BCUT2D eigenvalue weighted by Crippen LogP contribution is -2.04. The van der Waals surface area contributed by atoms with E-state index < -0.39 is 10.9 Å². The number of anilines is 1. The molecule has 86 valence electrons. The minimum Gasteiger partial charge on any atom is -0.478 e. The maximum atomic E-state index is 10.8. The molecule has 0 saturated carbocycles. The van der Waals surface area contributed by atoms with E-state index in [0.29, 0.717) is 12.2 Å². The molecule has 0 radical (unpaired) electrons. The molecule has 0 aromatic heterocycles. The molecule has 1 aromatic carbocycles. The molecule has 0 saturated heterocycles. The highest BCUT2D eigenvalue weighted by Crippen LogP contribution is 2.20. The summed E-state index contributed by atoms with van der Waals surface area (Å²) in [6.45, 7) is 2.59. The molecule has 0 aliphatic carbocycles. The van der Waals surface area contributed by atoms with E-state index in [1.807, 2.05) is 6.92 Å². The molecule has 0 spiro atoms. The smallest absolute Gasteiger partial charge is 0.336 e. The zero-order valence-corrected chi connectivity index (χ0v) is 8.77. The highest BCUT2D eigenvalue weighted by Gasteiger charge is 2.13. The molecule has 0 amide bonds. The van der Waals surface area contributed by atoms with Crippen LogP contribution in [-0.2, 0) is 0 Å². The van der Waals surface area contributed by atoms with E-state index in [1.54, 1.807) is 0 Å². The van der Waals surface area contributed by atoms with E-state index in [2.05, 4.69) is 5.32 Å². The van der Waals surface area contributed by atoms with Gasteiger partial charge >= 0.3 is 5.97 Å². The standard InChI is InChI=1S/C10H12N2O4/c1-2-3-11-8-4-7(10(13)14)5-9(6-8)12(15)16/h4-6,11H,2-3H2,1H3,(H,13,14). The van der Waals surface area contributed by atoms with Crippen molar-refractivity contribution in [2.45, 2.75) is 13.3 Å². The van der Waals surface area contributed by atoms with Gasteiger partial charge in [-0.25, -0.2) is 4.79 Å². The van der Waals surface area contributed by atoms with Gasteiger partial charge in [-0.2, -0.15) is 0 Å². The zero-order valence-electron chi connectivity index (χ0n) is 8.77. The van der Waals surface area contributed by atoms with Crippen LogP contribution < -0.4 is 5.32 Å². The van der Waals surface area contributed by atoms with Crippen molar-refractivity contribution >= 4 is 17.3 Å². The number of aromatic carboxylic acids is 1. The first-order valence-corrected chi connectivity index (χ1v) is 4.81. The van der Waals surface area contributed by atoms with Crippen LogP contribution in [0.3, 0.4) is 0 Å². The van der Waals surface area contributed by atoms with Gasteiger partial charge < -0.3 is 10.4 Å². The summed E-state index contributed by atoms with van der Waals surface area (Å²) in [5.41, 5.74) is 0.139. The summed E-state index contributed by atoms with van der Waals surface area (Å²) in [5.74, 6) is -1.18. The normalized spacial score (nSPS) is 9.81. The Labute approximate surface area is 92.0 Å². The Hall–Kier alpha value is -2.11. The van der Waals surface area contributed by atoms with E-state index in [4.69, 9.17) is 5.11 Å². The van der Waals surface area contributed by atoms with Gasteiger partial charge in [-0.05, 0) is 12.5 Å². The second-order valence-corrected chi connectivity index (χ2v) is 3.26. The Morgan fingerprint density at radius 2 is 2.19 bits per heavy atom. The maximum absolute atomic E-state index is 10.8. The first-order valence-electron chi connectivity index (χ1n) is 4.81. The lowest BCUT2D eigenvalue weighted by molar-refractivity contribution is -0.384. The molecular weight excluding hydrogens is 212 g/mol.